The molecule has 0 radical (unpaired) electrons. The molecule has 24 heavy (non-hydrogen) atoms. The number of carboxylic acid groups (broad SMARTS) is 1. The van der Waals surface area contributed by atoms with Crippen LogP contribution in [0.2, 0.25) is 0 Å². The highest BCUT2D eigenvalue weighted by Gasteiger charge is 2.08. The summed E-state index contributed by atoms with van der Waals surface area (Å²) in [5, 5.41) is 18.6. The number of nitrogens with zero attached hydrogens (tertiary/aromatic N) is 1. The highest BCUT2D eigenvalue weighted by Crippen LogP contribution is 2.22. The molecule has 0 aliphatic heterocycles. The van der Waals surface area contributed by atoms with Gasteiger partial charge >= 0.3 is 5.97 Å². The van der Waals surface area contributed by atoms with E-state index in [0.29, 0.717) is 17.9 Å². The first-order valence-electron chi connectivity index (χ1n) is 7.63. The Labute approximate surface area is 140 Å². The predicted octanol–water partition coefficient (Wildman–Crippen LogP) is 4.34. The van der Waals surface area contributed by atoms with Gasteiger partial charge in [-0.15, -0.1) is 0 Å². The van der Waals surface area contributed by atoms with Crippen molar-refractivity contribution in [3.05, 3.63) is 65.4 Å². The van der Waals surface area contributed by atoms with E-state index in [-0.39, 0.29) is 5.69 Å². The lowest BCUT2D eigenvalue weighted by molar-refractivity contribution is 0.0691. The molecule has 0 amide bonds. The predicted molar refractivity (Wildman–Crippen MR) is 92.1 cm³/mol. The van der Waals surface area contributed by atoms with E-state index < -0.39 is 5.97 Å². The summed E-state index contributed by atoms with van der Waals surface area (Å²) in [5.41, 5.74) is 2.39. The Kier molecular flexibility index (Phi) is 5.58. The Morgan fingerprint density at radius 3 is 2.71 bits per heavy atom. The first-order chi connectivity index (χ1) is 11.7. The fraction of sp³-hybridized carbons (Fsp3) is 0.158. The zero-order chi connectivity index (χ0) is 17.5. The molecule has 0 aliphatic rings. The number of H-pyrrole nitrogens is 1. The number of benzene rings is 2. The lowest BCUT2D eigenvalue weighted by Gasteiger charge is -2.06. The highest BCUT2D eigenvalue weighted by molar-refractivity contribution is 5.94. The standard InChI is InChI=1S/C17H12N2O3.C2H6/c18-9-11-2-1-3-12(6-11)10-22-14-4-5-15-13(7-14)8-16(19-15)17(20)21;1-2/h1-8,19H,10H2,(H,20,21);1-2H3. The molecule has 2 aromatic carbocycles. The van der Waals surface area contributed by atoms with Gasteiger partial charge in [0.05, 0.1) is 11.6 Å². The van der Waals surface area contributed by atoms with Gasteiger partial charge < -0.3 is 14.8 Å². The summed E-state index contributed by atoms with van der Waals surface area (Å²) in [6.07, 6.45) is 0. The van der Waals surface area contributed by atoms with Crippen molar-refractivity contribution < 1.29 is 14.6 Å². The number of nitrogens with one attached hydrogen (secondary N) is 1. The summed E-state index contributed by atoms with van der Waals surface area (Å²) in [7, 11) is 0. The van der Waals surface area contributed by atoms with E-state index in [1.165, 1.54) is 0 Å². The molecule has 1 aromatic heterocycles. The zero-order valence-corrected chi connectivity index (χ0v) is 13.5. The van der Waals surface area contributed by atoms with Crippen LogP contribution in [0.25, 0.3) is 10.9 Å². The Balaban J connectivity index is 0.00000100. The van der Waals surface area contributed by atoms with Crippen molar-refractivity contribution in [2.24, 2.45) is 0 Å². The van der Waals surface area contributed by atoms with Crippen molar-refractivity contribution in [3.8, 4) is 11.8 Å². The third-order valence-electron chi connectivity index (χ3n) is 3.28. The second-order valence-electron chi connectivity index (χ2n) is 4.84. The molecule has 0 fully saturated rings. The lowest BCUT2D eigenvalue weighted by Crippen LogP contribution is -1.95. The molecule has 0 unspecified atom stereocenters. The molecule has 0 bridgehead atoms. The van der Waals surface area contributed by atoms with Gasteiger partial charge in [0.15, 0.2) is 0 Å². The topological polar surface area (TPSA) is 86.1 Å². The van der Waals surface area contributed by atoms with E-state index in [1.807, 2.05) is 26.0 Å². The number of rotatable bonds is 4. The molecule has 0 atom stereocenters. The number of carboxylic acids is 1. The molecule has 5 nitrogen and oxygen atoms in total. The van der Waals surface area contributed by atoms with Gasteiger partial charge in [-0.25, -0.2) is 4.79 Å². The molecule has 0 aliphatic carbocycles. The number of aromatic nitrogens is 1. The van der Waals surface area contributed by atoms with Gasteiger partial charge in [-0.05, 0) is 42.0 Å². The number of aromatic amines is 1. The molecular weight excluding hydrogens is 304 g/mol. The van der Waals surface area contributed by atoms with Crippen LogP contribution in [0.3, 0.4) is 0 Å². The average Bonchev–Trinajstić information content (AvgIpc) is 3.05. The third-order valence-corrected chi connectivity index (χ3v) is 3.28. The maximum atomic E-state index is 10.9. The van der Waals surface area contributed by atoms with Crippen LogP contribution in [0.1, 0.15) is 35.5 Å². The van der Waals surface area contributed by atoms with Gasteiger partial charge in [0.2, 0.25) is 0 Å². The van der Waals surface area contributed by atoms with Gasteiger partial charge in [0.25, 0.3) is 0 Å². The first-order valence-corrected chi connectivity index (χ1v) is 7.63. The van der Waals surface area contributed by atoms with E-state index in [2.05, 4.69) is 11.1 Å². The molecule has 122 valence electrons. The number of hydrogen-bond acceptors (Lipinski definition) is 3. The summed E-state index contributed by atoms with van der Waals surface area (Å²) in [5.74, 6) is -0.349. The van der Waals surface area contributed by atoms with E-state index >= 15 is 0 Å². The molecule has 0 spiro atoms. The van der Waals surface area contributed by atoms with E-state index in [0.717, 1.165) is 16.5 Å². The monoisotopic (exact) mass is 322 g/mol. The number of aromatic carboxylic acids is 1. The number of fused-ring (bicyclic) bond motifs is 1. The minimum absolute atomic E-state index is 0.147. The number of nitriles is 1. The van der Waals surface area contributed by atoms with Crippen LogP contribution in [0.15, 0.2) is 48.5 Å². The molecule has 3 rings (SSSR count). The van der Waals surface area contributed by atoms with Crippen LogP contribution in [0, 0.1) is 11.3 Å². The summed E-state index contributed by atoms with van der Waals surface area (Å²) in [6.45, 7) is 4.34. The third kappa shape index (κ3) is 3.93. The zero-order valence-electron chi connectivity index (χ0n) is 13.5. The fourth-order valence-electron chi connectivity index (χ4n) is 2.21. The van der Waals surface area contributed by atoms with E-state index in [9.17, 15) is 4.79 Å². The van der Waals surface area contributed by atoms with Gasteiger partial charge in [-0.1, -0.05) is 26.0 Å². The minimum atomic E-state index is -0.994. The molecule has 3 aromatic rings. The van der Waals surface area contributed by atoms with Crippen molar-refractivity contribution in [1.82, 2.24) is 4.98 Å². The second kappa shape index (κ2) is 7.84. The highest BCUT2D eigenvalue weighted by atomic mass is 16.5. The summed E-state index contributed by atoms with van der Waals surface area (Å²) >= 11 is 0. The van der Waals surface area contributed by atoms with Crippen LogP contribution in [-0.2, 0) is 6.61 Å². The molecule has 5 heteroatoms. The van der Waals surface area contributed by atoms with Crippen molar-refractivity contribution in [1.29, 1.82) is 5.26 Å². The number of hydrogen-bond donors (Lipinski definition) is 2. The lowest BCUT2D eigenvalue weighted by atomic mass is 10.1. The van der Waals surface area contributed by atoms with Crippen LogP contribution in [0.4, 0.5) is 0 Å². The summed E-state index contributed by atoms with van der Waals surface area (Å²) in [4.78, 5) is 13.8. The summed E-state index contributed by atoms with van der Waals surface area (Å²) < 4.78 is 5.70. The Morgan fingerprint density at radius 2 is 2.00 bits per heavy atom. The molecule has 0 saturated heterocycles. The maximum absolute atomic E-state index is 10.9. The first kappa shape index (κ1) is 17.1. The van der Waals surface area contributed by atoms with Gasteiger partial charge in [0, 0.05) is 10.9 Å². The minimum Gasteiger partial charge on any atom is -0.489 e. The second-order valence-corrected chi connectivity index (χ2v) is 4.84. The van der Waals surface area contributed by atoms with Crippen LogP contribution < -0.4 is 4.74 Å². The number of ether oxygens (including phenoxy) is 1. The van der Waals surface area contributed by atoms with Crippen molar-refractivity contribution in [3.63, 3.8) is 0 Å². The Bertz CT molecular complexity index is 891. The van der Waals surface area contributed by atoms with E-state index in [1.54, 1.807) is 36.4 Å². The van der Waals surface area contributed by atoms with Crippen molar-refractivity contribution in [2.75, 3.05) is 0 Å². The summed E-state index contributed by atoms with van der Waals surface area (Å²) in [6, 6.07) is 16.2. The smallest absolute Gasteiger partial charge is 0.352 e. The molecular formula is C19H18N2O3. The average molecular weight is 322 g/mol. The van der Waals surface area contributed by atoms with Crippen LogP contribution in [0.5, 0.6) is 5.75 Å². The largest absolute Gasteiger partial charge is 0.489 e. The number of carbonyl (C=O) groups is 1. The van der Waals surface area contributed by atoms with Gasteiger partial charge in [0.1, 0.15) is 18.1 Å². The normalized spacial score (nSPS) is 9.71. The Hall–Kier alpha value is -3.26. The quantitative estimate of drug-likeness (QED) is 0.748. The maximum Gasteiger partial charge on any atom is 0.352 e. The SMILES string of the molecule is CC.N#Cc1cccc(COc2ccc3[nH]c(C(=O)O)cc3c2)c1. The van der Waals surface area contributed by atoms with Crippen molar-refractivity contribution >= 4 is 16.9 Å². The van der Waals surface area contributed by atoms with Crippen LogP contribution >= 0.6 is 0 Å². The van der Waals surface area contributed by atoms with E-state index in [4.69, 9.17) is 15.1 Å². The molecule has 0 saturated carbocycles. The molecule has 1 heterocycles. The fourth-order valence-corrected chi connectivity index (χ4v) is 2.21. The van der Waals surface area contributed by atoms with Crippen LogP contribution in [-0.4, -0.2) is 16.1 Å². The van der Waals surface area contributed by atoms with Gasteiger partial charge in [-0.3, -0.25) is 0 Å². The van der Waals surface area contributed by atoms with Crippen molar-refractivity contribution in [2.45, 2.75) is 20.5 Å². The molecule has 2 N–H and O–H groups in total. The van der Waals surface area contributed by atoms with Gasteiger partial charge in [-0.2, -0.15) is 5.26 Å². The Morgan fingerprint density at radius 1 is 1.21 bits per heavy atom.